The lowest BCUT2D eigenvalue weighted by Crippen LogP contribution is -2.15. The number of pyridine rings is 1. The van der Waals surface area contributed by atoms with Crippen molar-refractivity contribution in [1.82, 2.24) is 4.98 Å². The van der Waals surface area contributed by atoms with Crippen LogP contribution in [0.3, 0.4) is 0 Å². The number of hydrogen-bond donors (Lipinski definition) is 1. The Morgan fingerprint density at radius 1 is 1.06 bits per heavy atom. The van der Waals surface area contributed by atoms with E-state index < -0.39 is 22.9 Å². The molecule has 1 heterocycles. The lowest BCUT2D eigenvalue weighted by atomic mass is 9.90. The first-order valence-electron chi connectivity index (χ1n) is 5.46. The molecule has 18 heavy (non-hydrogen) atoms. The van der Waals surface area contributed by atoms with Gasteiger partial charge in [0.05, 0.1) is 5.39 Å². The van der Waals surface area contributed by atoms with Crippen LogP contribution in [0.25, 0.3) is 10.9 Å². The highest BCUT2D eigenvalue weighted by Gasteiger charge is 2.21. The van der Waals surface area contributed by atoms with Crippen molar-refractivity contribution in [2.24, 2.45) is 0 Å². The third kappa shape index (κ3) is 1.89. The fourth-order valence-electron chi connectivity index (χ4n) is 1.72. The van der Waals surface area contributed by atoms with E-state index in [0.29, 0.717) is 11.8 Å². The summed E-state index contributed by atoms with van der Waals surface area (Å²) in [5.41, 5.74) is 5.49. The van der Waals surface area contributed by atoms with Crippen LogP contribution in [-0.4, -0.2) is 4.98 Å². The van der Waals surface area contributed by atoms with Crippen molar-refractivity contribution in [3.05, 3.63) is 35.3 Å². The zero-order valence-electron chi connectivity index (χ0n) is 10.3. The summed E-state index contributed by atoms with van der Waals surface area (Å²) < 4.78 is 40.4. The molecule has 0 saturated heterocycles. The normalized spacial score (nSPS) is 12.1. The summed E-state index contributed by atoms with van der Waals surface area (Å²) >= 11 is 0. The van der Waals surface area contributed by atoms with Crippen molar-refractivity contribution in [2.75, 3.05) is 5.73 Å². The minimum absolute atomic E-state index is 0.0568. The van der Waals surface area contributed by atoms with Gasteiger partial charge in [-0.15, -0.1) is 0 Å². The molecule has 2 aromatic rings. The minimum Gasteiger partial charge on any atom is -0.398 e. The lowest BCUT2D eigenvalue weighted by Gasteiger charge is -2.19. The topological polar surface area (TPSA) is 38.9 Å². The van der Waals surface area contributed by atoms with Gasteiger partial charge in [-0.05, 0) is 6.07 Å². The molecular weight excluding hydrogens is 241 g/mol. The lowest BCUT2D eigenvalue weighted by molar-refractivity contribution is 0.502. The Morgan fingerprint density at radius 2 is 1.67 bits per heavy atom. The molecule has 2 rings (SSSR count). The van der Waals surface area contributed by atoms with E-state index in [1.165, 1.54) is 6.07 Å². The molecule has 0 atom stereocenters. The van der Waals surface area contributed by atoms with Crippen molar-refractivity contribution < 1.29 is 13.2 Å². The Hall–Kier alpha value is -1.78. The number of anilines is 1. The van der Waals surface area contributed by atoms with Crippen molar-refractivity contribution in [1.29, 1.82) is 0 Å². The predicted octanol–water partition coefficient (Wildman–Crippen LogP) is 3.53. The highest BCUT2D eigenvalue weighted by molar-refractivity contribution is 5.91. The number of halogens is 3. The van der Waals surface area contributed by atoms with E-state index >= 15 is 0 Å². The maximum absolute atomic E-state index is 13.7. The summed E-state index contributed by atoms with van der Waals surface area (Å²) in [6, 6.07) is 1.97. The smallest absolute Gasteiger partial charge is 0.185 e. The van der Waals surface area contributed by atoms with Gasteiger partial charge in [0.2, 0.25) is 0 Å². The Morgan fingerprint density at radius 3 is 2.22 bits per heavy atom. The minimum atomic E-state index is -1.27. The van der Waals surface area contributed by atoms with Crippen LogP contribution in [0.4, 0.5) is 18.9 Å². The number of nitrogens with zero attached hydrogens (tertiary/aromatic N) is 1. The number of nitrogens with two attached hydrogens (primary N) is 1. The van der Waals surface area contributed by atoms with Crippen molar-refractivity contribution in [3.63, 3.8) is 0 Å². The van der Waals surface area contributed by atoms with Crippen LogP contribution in [0, 0.1) is 17.5 Å². The van der Waals surface area contributed by atoms with E-state index in [0.717, 1.165) is 0 Å². The number of aromatic nitrogens is 1. The van der Waals surface area contributed by atoms with E-state index in [9.17, 15) is 13.2 Å². The van der Waals surface area contributed by atoms with Crippen LogP contribution in [0.2, 0.25) is 0 Å². The van der Waals surface area contributed by atoms with Crippen molar-refractivity contribution in [3.8, 4) is 0 Å². The Balaban J connectivity index is 2.92. The number of hydrogen-bond acceptors (Lipinski definition) is 2. The molecule has 0 aliphatic rings. The third-order valence-corrected chi connectivity index (χ3v) is 2.73. The molecule has 0 saturated carbocycles. The highest BCUT2D eigenvalue weighted by atomic mass is 19.2. The Labute approximate surface area is 103 Å². The maximum Gasteiger partial charge on any atom is 0.185 e. The summed E-state index contributed by atoms with van der Waals surface area (Å²) in [4.78, 5) is 3.99. The van der Waals surface area contributed by atoms with Gasteiger partial charge >= 0.3 is 0 Å². The molecule has 0 spiro atoms. The van der Waals surface area contributed by atoms with Gasteiger partial charge in [-0.1, -0.05) is 20.8 Å². The van der Waals surface area contributed by atoms with Gasteiger partial charge in [0.1, 0.15) is 11.3 Å². The molecule has 5 heteroatoms. The first-order valence-corrected chi connectivity index (χ1v) is 5.46. The zero-order valence-corrected chi connectivity index (χ0v) is 10.3. The summed E-state index contributed by atoms with van der Waals surface area (Å²) in [5.74, 6) is -3.35. The van der Waals surface area contributed by atoms with Gasteiger partial charge in [-0.2, -0.15) is 0 Å². The molecule has 2 N–H and O–H groups in total. The second-order valence-electron chi connectivity index (χ2n) is 5.22. The average Bonchev–Trinajstić information content (AvgIpc) is 2.23. The number of fused-ring (bicyclic) bond motifs is 1. The molecule has 0 bridgehead atoms. The fourth-order valence-corrected chi connectivity index (χ4v) is 1.72. The molecule has 2 nitrogen and oxygen atoms in total. The van der Waals surface area contributed by atoms with Crippen LogP contribution in [-0.2, 0) is 5.41 Å². The first kappa shape index (κ1) is 12.7. The second-order valence-corrected chi connectivity index (χ2v) is 5.22. The number of benzene rings is 1. The summed E-state index contributed by atoms with van der Waals surface area (Å²) in [6.45, 7) is 5.57. The largest absolute Gasteiger partial charge is 0.398 e. The van der Waals surface area contributed by atoms with Gasteiger partial charge in [-0.25, -0.2) is 18.2 Å². The second kappa shape index (κ2) is 3.86. The van der Waals surface area contributed by atoms with E-state index in [1.807, 2.05) is 20.8 Å². The molecular formula is C13H13F3N2. The molecule has 1 aromatic heterocycles. The van der Waals surface area contributed by atoms with E-state index in [4.69, 9.17) is 5.73 Å². The molecule has 0 aliphatic heterocycles. The van der Waals surface area contributed by atoms with Crippen LogP contribution in [0.15, 0.2) is 12.1 Å². The molecule has 0 fully saturated rings. The SMILES string of the molecule is CC(C)(C)c1cc(N)c2c(F)cc(F)c(F)c2n1. The zero-order chi connectivity index (χ0) is 13.7. The molecule has 0 amide bonds. The highest BCUT2D eigenvalue weighted by Crippen LogP contribution is 2.31. The quantitative estimate of drug-likeness (QED) is 0.730. The van der Waals surface area contributed by atoms with Crippen LogP contribution in [0.1, 0.15) is 26.5 Å². The van der Waals surface area contributed by atoms with Gasteiger partial charge in [0.25, 0.3) is 0 Å². The molecule has 0 radical (unpaired) electrons. The third-order valence-electron chi connectivity index (χ3n) is 2.73. The van der Waals surface area contributed by atoms with E-state index in [-0.39, 0.29) is 16.6 Å². The van der Waals surface area contributed by atoms with Gasteiger partial charge < -0.3 is 5.73 Å². The van der Waals surface area contributed by atoms with Gasteiger partial charge in [0, 0.05) is 22.9 Å². The number of rotatable bonds is 0. The van der Waals surface area contributed by atoms with Gasteiger partial charge in [-0.3, -0.25) is 0 Å². The summed E-state index contributed by atoms with van der Waals surface area (Å²) in [6.07, 6.45) is 0. The monoisotopic (exact) mass is 254 g/mol. The number of nitrogen functional groups attached to an aromatic ring is 1. The van der Waals surface area contributed by atoms with Crippen molar-refractivity contribution >= 4 is 16.6 Å². The first-order chi connectivity index (χ1) is 8.21. The maximum atomic E-state index is 13.7. The van der Waals surface area contributed by atoms with Gasteiger partial charge in [0.15, 0.2) is 11.6 Å². The standard InChI is InChI=1S/C13H13F3N2/c1-13(2,3)9-5-8(17)10-6(14)4-7(15)11(16)12(10)18-9/h4-5H,1-3H3,(H2,17,18). The summed E-state index contributed by atoms with van der Waals surface area (Å²) in [7, 11) is 0. The molecule has 0 aliphatic carbocycles. The van der Waals surface area contributed by atoms with Crippen LogP contribution in [0.5, 0.6) is 0 Å². The Bertz CT molecular complexity index is 630. The average molecular weight is 254 g/mol. The molecule has 96 valence electrons. The Kier molecular flexibility index (Phi) is 2.72. The van der Waals surface area contributed by atoms with Crippen molar-refractivity contribution in [2.45, 2.75) is 26.2 Å². The van der Waals surface area contributed by atoms with Crippen LogP contribution >= 0.6 is 0 Å². The van der Waals surface area contributed by atoms with E-state index in [1.54, 1.807) is 0 Å². The van der Waals surface area contributed by atoms with E-state index in [2.05, 4.69) is 4.98 Å². The summed E-state index contributed by atoms with van der Waals surface area (Å²) in [5, 5.41) is -0.179. The fraction of sp³-hybridized carbons (Fsp3) is 0.308. The molecule has 1 aromatic carbocycles. The predicted molar refractivity (Wildman–Crippen MR) is 64.7 cm³/mol. The van der Waals surface area contributed by atoms with Crippen LogP contribution < -0.4 is 5.73 Å². The molecule has 0 unspecified atom stereocenters.